The van der Waals surface area contributed by atoms with Crippen molar-refractivity contribution in [1.29, 1.82) is 0 Å². The van der Waals surface area contributed by atoms with Crippen LogP contribution in [-0.4, -0.2) is 5.91 Å². The van der Waals surface area contributed by atoms with Crippen molar-refractivity contribution in [3.63, 3.8) is 0 Å². The van der Waals surface area contributed by atoms with E-state index in [0.29, 0.717) is 14.6 Å². The summed E-state index contributed by atoms with van der Waals surface area (Å²) in [5.41, 5.74) is 0.722. The van der Waals surface area contributed by atoms with Crippen LogP contribution in [0.3, 0.4) is 0 Å². The number of hydrogen-bond acceptors (Lipinski definition) is 1. The minimum Gasteiger partial charge on any atom is -0.321 e. The van der Waals surface area contributed by atoms with Gasteiger partial charge < -0.3 is 5.32 Å². The average molecular weight is 391 g/mol. The molecule has 0 unspecified atom stereocenters. The summed E-state index contributed by atoms with van der Waals surface area (Å²) < 4.78 is 26.6. The Hall–Kier alpha value is -1.27. The van der Waals surface area contributed by atoms with Crippen LogP contribution in [0.25, 0.3) is 0 Å². The first kappa shape index (κ1) is 14.1. The van der Waals surface area contributed by atoms with E-state index >= 15 is 0 Å². The number of amides is 1. The van der Waals surface area contributed by atoms with Gasteiger partial charge in [-0.25, -0.2) is 8.78 Å². The van der Waals surface area contributed by atoms with Gasteiger partial charge >= 0.3 is 0 Å². The Morgan fingerprint density at radius 1 is 0.947 bits per heavy atom. The number of benzene rings is 2. The Bertz CT molecular complexity index is 647. The Morgan fingerprint density at radius 2 is 1.53 bits per heavy atom. The highest BCUT2D eigenvalue weighted by molar-refractivity contribution is 9.11. The van der Waals surface area contributed by atoms with Crippen LogP contribution in [0.2, 0.25) is 0 Å². The van der Waals surface area contributed by atoms with Crippen molar-refractivity contribution in [2.75, 3.05) is 5.32 Å². The van der Waals surface area contributed by atoms with Gasteiger partial charge in [0.2, 0.25) is 0 Å². The highest BCUT2D eigenvalue weighted by atomic mass is 79.9. The van der Waals surface area contributed by atoms with Crippen LogP contribution < -0.4 is 5.32 Å². The minimum absolute atomic E-state index is 0.289. The lowest BCUT2D eigenvalue weighted by Crippen LogP contribution is -2.13. The molecule has 0 atom stereocenters. The third-order valence-corrected chi connectivity index (χ3v) is 3.67. The van der Waals surface area contributed by atoms with Crippen molar-refractivity contribution in [3.8, 4) is 0 Å². The molecule has 0 spiro atoms. The number of nitrogens with one attached hydrogen (secondary N) is 1. The molecule has 0 heterocycles. The highest BCUT2D eigenvalue weighted by Gasteiger charge is 2.12. The fourth-order valence-corrected chi connectivity index (χ4v) is 2.44. The molecule has 0 aliphatic rings. The normalized spacial score (nSPS) is 10.3. The van der Waals surface area contributed by atoms with Gasteiger partial charge in [0.1, 0.15) is 11.6 Å². The van der Waals surface area contributed by atoms with Crippen LogP contribution in [0.5, 0.6) is 0 Å². The summed E-state index contributed by atoms with van der Waals surface area (Å²) in [6.07, 6.45) is 0. The number of rotatable bonds is 2. The number of halogens is 4. The van der Waals surface area contributed by atoms with E-state index in [-0.39, 0.29) is 5.56 Å². The minimum atomic E-state index is -0.439. The molecule has 0 radical (unpaired) electrons. The summed E-state index contributed by atoms with van der Waals surface area (Å²) in [6.45, 7) is 0. The molecule has 0 saturated carbocycles. The lowest BCUT2D eigenvalue weighted by molar-refractivity contribution is 0.102. The molecule has 98 valence electrons. The predicted molar refractivity (Wildman–Crippen MR) is 76.2 cm³/mol. The van der Waals surface area contributed by atoms with Crippen molar-refractivity contribution >= 4 is 43.5 Å². The number of carbonyl (C=O) groups excluding carboxylic acids is 1. The first-order valence-corrected chi connectivity index (χ1v) is 6.77. The molecule has 1 N–H and O–H groups in total. The van der Waals surface area contributed by atoms with Gasteiger partial charge in [-0.1, -0.05) is 0 Å². The van der Waals surface area contributed by atoms with Gasteiger partial charge in [-0.15, -0.1) is 0 Å². The summed E-state index contributed by atoms with van der Waals surface area (Å²) >= 11 is 6.27. The van der Waals surface area contributed by atoms with Gasteiger partial charge in [0, 0.05) is 8.95 Å². The molecule has 0 aromatic heterocycles. The van der Waals surface area contributed by atoms with Gasteiger partial charge in [-0.2, -0.15) is 0 Å². The van der Waals surface area contributed by atoms with E-state index in [1.807, 2.05) is 0 Å². The summed E-state index contributed by atoms with van der Waals surface area (Å²) in [5.74, 6) is -1.27. The Labute approximate surface area is 125 Å². The fraction of sp³-hybridized carbons (Fsp3) is 0. The molecular weight excluding hydrogens is 384 g/mol. The van der Waals surface area contributed by atoms with Crippen molar-refractivity contribution in [2.24, 2.45) is 0 Å². The van der Waals surface area contributed by atoms with Crippen LogP contribution in [0, 0.1) is 11.6 Å². The second-order valence-corrected chi connectivity index (χ2v) is 5.41. The van der Waals surface area contributed by atoms with E-state index in [1.54, 1.807) is 0 Å². The second-order valence-electron chi connectivity index (χ2n) is 3.70. The monoisotopic (exact) mass is 389 g/mol. The molecule has 2 aromatic rings. The third kappa shape index (κ3) is 3.39. The highest BCUT2D eigenvalue weighted by Crippen LogP contribution is 2.25. The molecule has 0 aliphatic carbocycles. The lowest BCUT2D eigenvalue weighted by atomic mass is 10.2. The van der Waals surface area contributed by atoms with Crippen molar-refractivity contribution in [1.82, 2.24) is 0 Å². The zero-order valence-electron chi connectivity index (χ0n) is 9.38. The number of anilines is 1. The zero-order valence-corrected chi connectivity index (χ0v) is 12.6. The van der Waals surface area contributed by atoms with E-state index in [4.69, 9.17) is 0 Å². The summed E-state index contributed by atoms with van der Waals surface area (Å²) in [5, 5.41) is 2.61. The van der Waals surface area contributed by atoms with Crippen molar-refractivity contribution < 1.29 is 13.6 Å². The van der Waals surface area contributed by atoms with Crippen molar-refractivity contribution in [3.05, 3.63) is 62.5 Å². The van der Waals surface area contributed by atoms with E-state index in [1.165, 1.54) is 36.4 Å². The van der Waals surface area contributed by atoms with Crippen LogP contribution in [0.15, 0.2) is 45.3 Å². The largest absolute Gasteiger partial charge is 0.321 e. The summed E-state index contributed by atoms with van der Waals surface area (Å²) in [6, 6.07) is 7.68. The maximum absolute atomic E-state index is 12.9. The first-order chi connectivity index (χ1) is 8.97. The molecule has 2 rings (SSSR count). The molecule has 2 aromatic carbocycles. The average Bonchev–Trinajstić information content (AvgIpc) is 2.32. The molecule has 2 nitrogen and oxygen atoms in total. The Kier molecular flexibility index (Phi) is 4.31. The number of carbonyl (C=O) groups is 1. The van der Waals surface area contributed by atoms with E-state index in [9.17, 15) is 13.6 Å². The SMILES string of the molecule is O=C(Nc1ccc(F)cc1Br)c1ccc(F)cc1Br. The topological polar surface area (TPSA) is 29.1 Å². The van der Waals surface area contributed by atoms with Crippen molar-refractivity contribution in [2.45, 2.75) is 0 Å². The quantitative estimate of drug-likeness (QED) is 0.788. The maximum atomic E-state index is 12.9. The van der Waals surface area contributed by atoms with Crippen LogP contribution in [0.4, 0.5) is 14.5 Å². The van der Waals surface area contributed by atoms with Crippen LogP contribution in [0.1, 0.15) is 10.4 Å². The molecule has 19 heavy (non-hydrogen) atoms. The smallest absolute Gasteiger partial charge is 0.256 e. The zero-order chi connectivity index (χ0) is 14.0. The molecular formula is C13H7Br2F2NO. The van der Waals surface area contributed by atoms with Gasteiger partial charge in [0.25, 0.3) is 5.91 Å². The van der Waals surface area contributed by atoms with Gasteiger partial charge in [0.15, 0.2) is 0 Å². The molecule has 0 bridgehead atoms. The van der Waals surface area contributed by atoms with Gasteiger partial charge in [0.05, 0.1) is 11.3 Å². The fourth-order valence-electron chi connectivity index (χ4n) is 1.45. The van der Waals surface area contributed by atoms with E-state index in [2.05, 4.69) is 37.2 Å². The van der Waals surface area contributed by atoms with Crippen LogP contribution >= 0.6 is 31.9 Å². The maximum Gasteiger partial charge on any atom is 0.256 e. The summed E-state index contributed by atoms with van der Waals surface area (Å²) in [7, 11) is 0. The molecule has 0 saturated heterocycles. The molecule has 6 heteroatoms. The Morgan fingerprint density at radius 3 is 2.11 bits per heavy atom. The first-order valence-electron chi connectivity index (χ1n) is 5.19. The van der Waals surface area contributed by atoms with Gasteiger partial charge in [-0.05, 0) is 68.3 Å². The standard InChI is InChI=1S/C13H7Br2F2NO/c14-10-5-7(16)1-3-9(10)13(19)18-12-4-2-8(17)6-11(12)15/h1-6H,(H,18,19). The lowest BCUT2D eigenvalue weighted by Gasteiger charge is -2.08. The predicted octanol–water partition coefficient (Wildman–Crippen LogP) is 4.74. The molecule has 0 fully saturated rings. The summed E-state index contributed by atoms with van der Waals surface area (Å²) in [4.78, 5) is 12.0. The third-order valence-electron chi connectivity index (χ3n) is 2.36. The van der Waals surface area contributed by atoms with E-state index < -0.39 is 17.5 Å². The molecule has 1 amide bonds. The molecule has 0 aliphatic heterocycles. The number of hydrogen-bond donors (Lipinski definition) is 1. The van der Waals surface area contributed by atoms with Crippen LogP contribution in [-0.2, 0) is 0 Å². The Balaban J connectivity index is 2.25. The van der Waals surface area contributed by atoms with E-state index in [0.717, 1.165) is 0 Å². The van der Waals surface area contributed by atoms with Gasteiger partial charge in [-0.3, -0.25) is 4.79 Å². The second kappa shape index (κ2) is 5.79.